The lowest BCUT2D eigenvalue weighted by Gasteiger charge is -2.34. The number of aliphatic carboxylic acids is 1. The van der Waals surface area contributed by atoms with Gasteiger partial charge in [-0.25, -0.2) is 4.39 Å². The summed E-state index contributed by atoms with van der Waals surface area (Å²) in [6, 6.07) is 1.47. The van der Waals surface area contributed by atoms with Crippen LogP contribution < -0.4 is 0 Å². The van der Waals surface area contributed by atoms with Crippen LogP contribution in [0.2, 0.25) is 0 Å². The smallest absolute Gasteiger partial charge is 0.306 e. The van der Waals surface area contributed by atoms with Gasteiger partial charge in [0, 0.05) is 19.3 Å². The SMILES string of the molecule is CC1CN(Cc2cncc(F)c2)CCC1C(=O)O. The predicted molar refractivity (Wildman–Crippen MR) is 64.4 cm³/mol. The predicted octanol–water partition coefficient (Wildman–Crippen LogP) is 1.76. The third-order valence-corrected chi connectivity index (χ3v) is 3.47. The molecule has 2 unspecified atom stereocenters. The Labute approximate surface area is 105 Å². The number of halogens is 1. The van der Waals surface area contributed by atoms with Crippen LogP contribution >= 0.6 is 0 Å². The molecule has 1 N–H and O–H groups in total. The van der Waals surface area contributed by atoms with Crippen molar-refractivity contribution in [2.45, 2.75) is 19.9 Å². The number of pyridine rings is 1. The lowest BCUT2D eigenvalue weighted by atomic mass is 9.87. The number of carbonyl (C=O) groups is 1. The third kappa shape index (κ3) is 3.04. The van der Waals surface area contributed by atoms with E-state index in [9.17, 15) is 9.18 Å². The third-order valence-electron chi connectivity index (χ3n) is 3.47. The molecule has 4 nitrogen and oxygen atoms in total. The number of hydrogen-bond donors (Lipinski definition) is 1. The maximum absolute atomic E-state index is 13.0. The van der Waals surface area contributed by atoms with Gasteiger partial charge in [-0.3, -0.25) is 14.7 Å². The highest BCUT2D eigenvalue weighted by Crippen LogP contribution is 2.24. The first-order valence-corrected chi connectivity index (χ1v) is 6.11. The van der Waals surface area contributed by atoms with E-state index in [0.29, 0.717) is 13.0 Å². The molecule has 2 atom stereocenters. The van der Waals surface area contributed by atoms with Gasteiger partial charge in [0.25, 0.3) is 0 Å². The summed E-state index contributed by atoms with van der Waals surface area (Å²) >= 11 is 0. The second kappa shape index (κ2) is 5.44. The monoisotopic (exact) mass is 252 g/mol. The first kappa shape index (κ1) is 13.0. The van der Waals surface area contributed by atoms with Crippen LogP contribution in [0.1, 0.15) is 18.9 Å². The minimum absolute atomic E-state index is 0.123. The van der Waals surface area contributed by atoms with E-state index in [2.05, 4.69) is 9.88 Å². The molecule has 1 fully saturated rings. The Balaban J connectivity index is 1.95. The number of carboxylic acid groups (broad SMARTS) is 1. The quantitative estimate of drug-likeness (QED) is 0.890. The fourth-order valence-electron chi connectivity index (χ4n) is 2.54. The molecule has 1 saturated heterocycles. The maximum atomic E-state index is 13.0. The highest BCUT2D eigenvalue weighted by molar-refractivity contribution is 5.70. The van der Waals surface area contributed by atoms with Crippen LogP contribution in [0.3, 0.4) is 0 Å². The van der Waals surface area contributed by atoms with Gasteiger partial charge in [-0.2, -0.15) is 0 Å². The van der Waals surface area contributed by atoms with E-state index < -0.39 is 5.97 Å². The van der Waals surface area contributed by atoms with Gasteiger partial charge in [0.1, 0.15) is 5.82 Å². The van der Waals surface area contributed by atoms with Gasteiger partial charge in [-0.15, -0.1) is 0 Å². The molecular weight excluding hydrogens is 235 g/mol. The van der Waals surface area contributed by atoms with E-state index in [-0.39, 0.29) is 17.7 Å². The summed E-state index contributed by atoms with van der Waals surface area (Å²) in [5.74, 6) is -1.18. The molecule has 1 aromatic rings. The molecule has 0 spiro atoms. The zero-order chi connectivity index (χ0) is 13.1. The summed E-state index contributed by atoms with van der Waals surface area (Å²) in [7, 11) is 0. The zero-order valence-electron chi connectivity index (χ0n) is 10.3. The van der Waals surface area contributed by atoms with Crippen LogP contribution in [-0.4, -0.2) is 34.0 Å². The van der Waals surface area contributed by atoms with Crippen molar-refractivity contribution >= 4 is 5.97 Å². The highest BCUT2D eigenvalue weighted by atomic mass is 19.1. The Morgan fingerprint density at radius 3 is 3.00 bits per heavy atom. The Morgan fingerprint density at radius 1 is 1.61 bits per heavy atom. The van der Waals surface area contributed by atoms with Gasteiger partial charge < -0.3 is 5.11 Å². The average molecular weight is 252 g/mol. The van der Waals surface area contributed by atoms with Crippen LogP contribution in [0.15, 0.2) is 18.5 Å². The van der Waals surface area contributed by atoms with Crippen molar-refractivity contribution < 1.29 is 14.3 Å². The van der Waals surface area contributed by atoms with Crippen LogP contribution in [0.5, 0.6) is 0 Å². The number of hydrogen-bond acceptors (Lipinski definition) is 3. The van der Waals surface area contributed by atoms with Crippen molar-refractivity contribution in [3.05, 3.63) is 29.8 Å². The minimum atomic E-state index is -0.713. The number of carboxylic acids is 1. The fraction of sp³-hybridized carbons (Fsp3) is 0.538. The van der Waals surface area contributed by atoms with Crippen molar-refractivity contribution in [2.24, 2.45) is 11.8 Å². The summed E-state index contributed by atoms with van der Waals surface area (Å²) in [5.41, 5.74) is 0.830. The Kier molecular flexibility index (Phi) is 3.91. The number of likely N-dealkylation sites (tertiary alicyclic amines) is 1. The number of piperidine rings is 1. The summed E-state index contributed by atoms with van der Waals surface area (Å²) in [5, 5.41) is 9.04. The van der Waals surface area contributed by atoms with E-state index in [4.69, 9.17) is 5.11 Å². The summed E-state index contributed by atoms with van der Waals surface area (Å²) in [6.07, 6.45) is 3.49. The molecule has 0 aliphatic carbocycles. The first-order chi connectivity index (χ1) is 8.56. The topological polar surface area (TPSA) is 53.4 Å². The average Bonchev–Trinajstić information content (AvgIpc) is 2.28. The number of rotatable bonds is 3. The van der Waals surface area contributed by atoms with Crippen molar-refractivity contribution in [2.75, 3.05) is 13.1 Å². The Bertz CT molecular complexity index is 439. The van der Waals surface area contributed by atoms with E-state index in [1.165, 1.54) is 12.3 Å². The molecule has 2 heterocycles. The molecule has 98 valence electrons. The van der Waals surface area contributed by atoms with E-state index in [1.54, 1.807) is 6.20 Å². The largest absolute Gasteiger partial charge is 0.481 e. The van der Waals surface area contributed by atoms with Crippen molar-refractivity contribution in [3.8, 4) is 0 Å². The highest BCUT2D eigenvalue weighted by Gasteiger charge is 2.30. The lowest BCUT2D eigenvalue weighted by molar-refractivity contribution is -0.145. The molecule has 0 aromatic carbocycles. The second-order valence-corrected chi connectivity index (χ2v) is 4.96. The molecule has 0 saturated carbocycles. The molecule has 18 heavy (non-hydrogen) atoms. The number of nitrogens with zero attached hydrogens (tertiary/aromatic N) is 2. The summed E-state index contributed by atoms with van der Waals surface area (Å²) in [6.45, 7) is 4.04. The molecule has 2 rings (SSSR count). The minimum Gasteiger partial charge on any atom is -0.481 e. The van der Waals surface area contributed by atoms with Crippen LogP contribution in [0.25, 0.3) is 0 Å². The first-order valence-electron chi connectivity index (χ1n) is 6.11. The molecule has 5 heteroatoms. The van der Waals surface area contributed by atoms with Gasteiger partial charge >= 0.3 is 5.97 Å². The van der Waals surface area contributed by atoms with Crippen molar-refractivity contribution in [1.82, 2.24) is 9.88 Å². The molecular formula is C13H17FN2O2. The lowest BCUT2D eigenvalue weighted by Crippen LogP contribution is -2.41. The summed E-state index contributed by atoms with van der Waals surface area (Å²) in [4.78, 5) is 17.0. The molecule has 1 aliphatic rings. The van der Waals surface area contributed by atoms with E-state index in [0.717, 1.165) is 18.7 Å². The van der Waals surface area contributed by atoms with Gasteiger partial charge in [-0.05, 0) is 30.5 Å². The molecule has 1 aromatic heterocycles. The zero-order valence-corrected chi connectivity index (χ0v) is 10.3. The fourth-order valence-corrected chi connectivity index (χ4v) is 2.54. The van der Waals surface area contributed by atoms with Gasteiger partial charge in [0.05, 0.1) is 12.1 Å². The molecule has 1 aliphatic heterocycles. The van der Waals surface area contributed by atoms with Gasteiger partial charge in [-0.1, -0.05) is 6.92 Å². The normalized spacial score (nSPS) is 25.0. The van der Waals surface area contributed by atoms with Gasteiger partial charge in [0.15, 0.2) is 0 Å². The molecule has 0 bridgehead atoms. The standard InChI is InChI=1S/C13H17FN2O2/c1-9-7-16(3-2-12(9)13(17)18)8-10-4-11(14)6-15-5-10/h4-6,9,12H,2-3,7-8H2,1H3,(H,17,18). The van der Waals surface area contributed by atoms with Crippen molar-refractivity contribution in [1.29, 1.82) is 0 Å². The number of aromatic nitrogens is 1. The maximum Gasteiger partial charge on any atom is 0.306 e. The Morgan fingerprint density at radius 2 is 2.39 bits per heavy atom. The summed E-state index contributed by atoms with van der Waals surface area (Å²) < 4.78 is 13.0. The van der Waals surface area contributed by atoms with Crippen molar-refractivity contribution in [3.63, 3.8) is 0 Å². The van der Waals surface area contributed by atoms with Gasteiger partial charge in [0.2, 0.25) is 0 Å². The van der Waals surface area contributed by atoms with Crippen LogP contribution in [0.4, 0.5) is 4.39 Å². The second-order valence-electron chi connectivity index (χ2n) is 4.96. The van der Waals surface area contributed by atoms with E-state index in [1.807, 2.05) is 6.92 Å². The molecule has 0 amide bonds. The van der Waals surface area contributed by atoms with Crippen LogP contribution in [0, 0.1) is 17.7 Å². The molecule has 0 radical (unpaired) electrons. The Hall–Kier alpha value is -1.49. The van der Waals surface area contributed by atoms with Crippen LogP contribution in [-0.2, 0) is 11.3 Å². The van der Waals surface area contributed by atoms with E-state index >= 15 is 0 Å².